The SMILES string of the molecule is N=C(N)Nc1nc(CSCCNC(=S)NCCCc2c[nH]cn2)cs1. The number of anilines is 1. The highest BCUT2D eigenvalue weighted by Gasteiger charge is 2.03. The summed E-state index contributed by atoms with van der Waals surface area (Å²) in [6.45, 7) is 1.63. The lowest BCUT2D eigenvalue weighted by molar-refractivity contribution is 0.750. The highest BCUT2D eigenvalue weighted by molar-refractivity contribution is 7.98. The minimum atomic E-state index is -0.0943. The third-order valence-electron chi connectivity index (χ3n) is 3.03. The molecule has 0 fully saturated rings. The molecule has 0 atom stereocenters. The van der Waals surface area contributed by atoms with Crippen LogP contribution in [0.2, 0.25) is 0 Å². The van der Waals surface area contributed by atoms with Crippen LogP contribution in [0.25, 0.3) is 0 Å². The van der Waals surface area contributed by atoms with Crippen LogP contribution in [-0.4, -0.2) is 44.9 Å². The van der Waals surface area contributed by atoms with E-state index in [1.165, 1.54) is 11.3 Å². The van der Waals surface area contributed by atoms with Crippen LogP contribution in [0.5, 0.6) is 0 Å². The van der Waals surface area contributed by atoms with Crippen LogP contribution in [0.1, 0.15) is 17.8 Å². The molecule has 0 saturated heterocycles. The number of H-pyrrole nitrogens is 1. The van der Waals surface area contributed by atoms with Gasteiger partial charge in [0, 0.05) is 36.2 Å². The third-order valence-corrected chi connectivity index (χ3v) is 5.11. The van der Waals surface area contributed by atoms with Crippen LogP contribution >= 0.6 is 35.3 Å². The molecule has 0 spiro atoms. The van der Waals surface area contributed by atoms with Crippen LogP contribution in [-0.2, 0) is 12.2 Å². The van der Waals surface area contributed by atoms with E-state index in [0.717, 1.165) is 48.8 Å². The maximum absolute atomic E-state index is 7.17. The number of hydrogen-bond donors (Lipinski definition) is 6. The molecule has 2 aromatic heterocycles. The molecule has 0 saturated carbocycles. The standard InChI is InChI=1S/C14H22N8S3/c15-12(16)22-14-21-11(8-25-14)7-24-5-4-19-13(23)18-3-1-2-10-6-17-9-20-10/h6,8-9H,1-5,7H2,(H,17,20)(H2,18,19,23)(H4,15,16,21,22). The fourth-order valence-electron chi connectivity index (χ4n) is 1.92. The number of aromatic amines is 1. The van der Waals surface area contributed by atoms with Gasteiger partial charge in [-0.1, -0.05) is 0 Å². The second kappa shape index (κ2) is 10.9. The Hall–Kier alpha value is -1.85. The summed E-state index contributed by atoms with van der Waals surface area (Å²) in [4.78, 5) is 11.5. The van der Waals surface area contributed by atoms with Crippen LogP contribution < -0.4 is 21.7 Å². The molecule has 0 aliphatic carbocycles. The van der Waals surface area contributed by atoms with E-state index in [1.54, 1.807) is 18.1 Å². The molecule has 0 radical (unpaired) electrons. The number of hydrogen-bond acceptors (Lipinski definition) is 6. The van der Waals surface area contributed by atoms with Crippen molar-refractivity contribution in [2.75, 3.05) is 24.2 Å². The number of nitrogens with zero attached hydrogens (tertiary/aromatic N) is 2. The van der Waals surface area contributed by atoms with Crippen molar-refractivity contribution in [1.29, 1.82) is 5.41 Å². The molecule has 0 aliphatic rings. The third kappa shape index (κ3) is 8.18. The van der Waals surface area contributed by atoms with Crippen molar-refractivity contribution in [1.82, 2.24) is 25.6 Å². The predicted octanol–water partition coefficient (Wildman–Crippen LogP) is 1.50. The van der Waals surface area contributed by atoms with Crippen molar-refractivity contribution in [3.8, 4) is 0 Å². The van der Waals surface area contributed by atoms with E-state index in [1.807, 2.05) is 11.6 Å². The summed E-state index contributed by atoms with van der Waals surface area (Å²) in [6, 6.07) is 0. The molecule has 0 unspecified atom stereocenters. The number of nitrogens with one attached hydrogen (secondary N) is 5. The molecule has 7 N–H and O–H groups in total. The normalized spacial score (nSPS) is 10.4. The number of rotatable bonds is 10. The number of thioether (sulfide) groups is 1. The number of thiocarbonyl (C=S) groups is 1. The first-order valence-corrected chi connectivity index (χ1v) is 10.2. The first-order valence-electron chi connectivity index (χ1n) is 7.76. The fourth-order valence-corrected chi connectivity index (χ4v) is 3.70. The highest BCUT2D eigenvalue weighted by atomic mass is 32.2. The molecule has 0 aliphatic heterocycles. The lowest BCUT2D eigenvalue weighted by atomic mass is 10.2. The van der Waals surface area contributed by atoms with E-state index in [9.17, 15) is 0 Å². The van der Waals surface area contributed by atoms with E-state index < -0.39 is 0 Å². The van der Waals surface area contributed by atoms with Crippen LogP contribution in [0.15, 0.2) is 17.9 Å². The summed E-state index contributed by atoms with van der Waals surface area (Å²) in [5.74, 6) is 1.66. The van der Waals surface area contributed by atoms with Crippen molar-refractivity contribution in [2.45, 2.75) is 18.6 Å². The fraction of sp³-hybridized carbons (Fsp3) is 0.429. The quantitative estimate of drug-likeness (QED) is 0.154. The van der Waals surface area contributed by atoms with Crippen molar-refractivity contribution < 1.29 is 0 Å². The number of aryl methyl sites for hydroxylation is 1. The first kappa shape index (κ1) is 19.5. The van der Waals surface area contributed by atoms with Gasteiger partial charge < -0.3 is 26.7 Å². The topological polar surface area (TPSA) is 128 Å². The van der Waals surface area contributed by atoms with E-state index in [2.05, 4.69) is 30.9 Å². The molecule has 0 aromatic carbocycles. The van der Waals surface area contributed by atoms with Gasteiger partial charge in [0.05, 0.1) is 17.7 Å². The maximum Gasteiger partial charge on any atom is 0.192 e. The van der Waals surface area contributed by atoms with Crippen LogP contribution in [0.4, 0.5) is 5.13 Å². The van der Waals surface area contributed by atoms with Crippen molar-refractivity contribution in [3.05, 3.63) is 29.3 Å². The van der Waals surface area contributed by atoms with Gasteiger partial charge in [0.25, 0.3) is 0 Å². The van der Waals surface area contributed by atoms with Gasteiger partial charge in [-0.15, -0.1) is 11.3 Å². The Morgan fingerprint density at radius 1 is 1.36 bits per heavy atom. The second-order valence-electron chi connectivity index (χ2n) is 5.08. The van der Waals surface area contributed by atoms with Gasteiger partial charge in [0.1, 0.15) is 0 Å². The molecule has 11 heteroatoms. The molecule has 25 heavy (non-hydrogen) atoms. The van der Waals surface area contributed by atoms with Gasteiger partial charge in [0.15, 0.2) is 16.2 Å². The van der Waals surface area contributed by atoms with E-state index in [4.69, 9.17) is 23.4 Å². The largest absolute Gasteiger partial charge is 0.370 e. The van der Waals surface area contributed by atoms with Gasteiger partial charge in [0.2, 0.25) is 0 Å². The van der Waals surface area contributed by atoms with Crippen molar-refractivity contribution in [2.24, 2.45) is 5.73 Å². The van der Waals surface area contributed by atoms with Crippen molar-refractivity contribution >= 4 is 51.5 Å². The van der Waals surface area contributed by atoms with E-state index in [0.29, 0.717) is 10.2 Å². The van der Waals surface area contributed by atoms with Crippen molar-refractivity contribution in [3.63, 3.8) is 0 Å². The van der Waals surface area contributed by atoms with E-state index >= 15 is 0 Å². The number of nitrogens with two attached hydrogens (primary N) is 1. The Kier molecular flexibility index (Phi) is 8.49. The van der Waals surface area contributed by atoms with Crippen LogP contribution in [0, 0.1) is 5.41 Å². The molecule has 2 aromatic rings. The number of imidazole rings is 1. The second-order valence-corrected chi connectivity index (χ2v) is 7.45. The minimum Gasteiger partial charge on any atom is -0.370 e. The number of thiazole rings is 1. The minimum absolute atomic E-state index is 0.0943. The molecule has 8 nitrogen and oxygen atoms in total. The molecule has 2 heterocycles. The summed E-state index contributed by atoms with van der Waals surface area (Å²) in [7, 11) is 0. The van der Waals surface area contributed by atoms with E-state index in [-0.39, 0.29) is 5.96 Å². The summed E-state index contributed by atoms with van der Waals surface area (Å²) >= 11 is 8.47. The molecule has 0 bridgehead atoms. The Bertz CT molecular complexity index is 655. The lowest BCUT2D eigenvalue weighted by Crippen LogP contribution is -2.37. The first-order chi connectivity index (χ1) is 12.1. The average Bonchev–Trinajstić information content (AvgIpc) is 3.23. The highest BCUT2D eigenvalue weighted by Crippen LogP contribution is 2.18. The monoisotopic (exact) mass is 398 g/mol. The zero-order chi connectivity index (χ0) is 17.9. The molecule has 0 amide bonds. The summed E-state index contributed by atoms with van der Waals surface area (Å²) < 4.78 is 0. The molecular formula is C14H22N8S3. The average molecular weight is 399 g/mol. The predicted molar refractivity (Wildman–Crippen MR) is 109 cm³/mol. The Morgan fingerprint density at radius 3 is 2.96 bits per heavy atom. The van der Waals surface area contributed by atoms with Crippen LogP contribution in [0.3, 0.4) is 0 Å². The van der Waals surface area contributed by atoms with Gasteiger partial charge >= 0.3 is 0 Å². The zero-order valence-electron chi connectivity index (χ0n) is 13.7. The Balaban J connectivity index is 1.47. The summed E-state index contributed by atoms with van der Waals surface area (Å²) in [5.41, 5.74) is 7.33. The van der Waals surface area contributed by atoms with Gasteiger partial charge in [-0.2, -0.15) is 11.8 Å². The van der Waals surface area contributed by atoms with Gasteiger partial charge in [-0.05, 0) is 25.1 Å². The number of guanidine groups is 1. The Morgan fingerprint density at radius 2 is 2.20 bits per heavy atom. The smallest absolute Gasteiger partial charge is 0.192 e. The van der Waals surface area contributed by atoms with Gasteiger partial charge in [-0.25, -0.2) is 9.97 Å². The maximum atomic E-state index is 7.17. The zero-order valence-corrected chi connectivity index (χ0v) is 16.1. The number of aromatic nitrogens is 3. The lowest BCUT2D eigenvalue weighted by Gasteiger charge is -2.09. The molecule has 2 rings (SSSR count). The van der Waals surface area contributed by atoms with Gasteiger partial charge in [-0.3, -0.25) is 5.41 Å². The molecule has 136 valence electrons. The Labute approximate surface area is 160 Å². The molecular weight excluding hydrogens is 376 g/mol. The summed E-state index contributed by atoms with van der Waals surface area (Å²) in [6.07, 6.45) is 5.53. The summed E-state index contributed by atoms with van der Waals surface area (Å²) in [5, 5.41) is 19.6.